The molecule has 0 aromatic rings. The van der Waals surface area contributed by atoms with E-state index in [2.05, 4.69) is 6.92 Å². The van der Waals surface area contributed by atoms with Gasteiger partial charge in [0.25, 0.3) is 10.1 Å². The van der Waals surface area contributed by atoms with E-state index in [0.29, 0.717) is 0 Å². The Bertz CT molecular complexity index is 209. The third-order valence-corrected chi connectivity index (χ3v) is 3.11. The van der Waals surface area contributed by atoms with Gasteiger partial charge in [0.1, 0.15) is 0 Å². The van der Waals surface area contributed by atoms with Crippen molar-refractivity contribution in [1.29, 1.82) is 0 Å². The molecule has 0 amide bonds. The van der Waals surface area contributed by atoms with Gasteiger partial charge in [0.05, 0.1) is 5.75 Å². The van der Waals surface area contributed by atoms with Crippen LogP contribution in [0.2, 0.25) is 0 Å². The predicted octanol–water partition coefficient (Wildman–Crippen LogP) is 2.35. The molecule has 0 aliphatic carbocycles. The summed E-state index contributed by atoms with van der Waals surface area (Å²) in [6, 6.07) is 0. The molecule has 0 fully saturated rings. The lowest BCUT2D eigenvalue weighted by Gasteiger charge is -2.11. The SMILES string of the molecule is CCCCCC(CC)CS([O])(=O)=O. The van der Waals surface area contributed by atoms with Gasteiger partial charge in [-0.2, -0.15) is 8.42 Å². The number of unbranched alkanes of at least 4 members (excludes halogenated alkanes) is 2. The highest BCUT2D eigenvalue weighted by Gasteiger charge is 2.15. The molecule has 79 valence electrons. The first kappa shape index (κ1) is 12.9. The number of hydrogen-bond donors (Lipinski definition) is 0. The van der Waals surface area contributed by atoms with E-state index in [-0.39, 0.29) is 11.7 Å². The van der Waals surface area contributed by atoms with Crippen LogP contribution in [0.15, 0.2) is 0 Å². The Hall–Kier alpha value is -0.0900. The lowest BCUT2D eigenvalue weighted by atomic mass is 10.0. The Labute approximate surface area is 81.3 Å². The molecule has 3 nitrogen and oxygen atoms in total. The Morgan fingerprint density at radius 3 is 2.15 bits per heavy atom. The van der Waals surface area contributed by atoms with Crippen LogP contribution in [0.25, 0.3) is 0 Å². The minimum absolute atomic E-state index is 0.0639. The Morgan fingerprint density at radius 1 is 1.15 bits per heavy atom. The van der Waals surface area contributed by atoms with Gasteiger partial charge in [-0.05, 0) is 12.3 Å². The molecule has 1 atom stereocenters. The van der Waals surface area contributed by atoms with E-state index in [9.17, 15) is 13.0 Å². The second-order valence-electron chi connectivity index (χ2n) is 3.49. The molecule has 0 heterocycles. The number of rotatable bonds is 7. The zero-order chi connectivity index (χ0) is 10.3. The summed E-state index contributed by atoms with van der Waals surface area (Å²) in [5, 5.41) is 0. The third-order valence-electron chi connectivity index (χ3n) is 2.23. The second-order valence-corrected chi connectivity index (χ2v) is 4.94. The summed E-state index contributed by atoms with van der Waals surface area (Å²) < 4.78 is 31.4. The summed E-state index contributed by atoms with van der Waals surface area (Å²) in [6.45, 7) is 4.03. The van der Waals surface area contributed by atoms with E-state index in [4.69, 9.17) is 0 Å². The topological polar surface area (TPSA) is 54.0 Å². The fraction of sp³-hybridized carbons (Fsp3) is 1.00. The zero-order valence-corrected chi connectivity index (χ0v) is 9.27. The van der Waals surface area contributed by atoms with Gasteiger partial charge in [0.2, 0.25) is 0 Å². The summed E-state index contributed by atoms with van der Waals surface area (Å²) in [5.74, 6) is -0.123. The van der Waals surface area contributed by atoms with Crippen molar-refractivity contribution in [1.82, 2.24) is 0 Å². The van der Waals surface area contributed by atoms with Crippen LogP contribution in [0.4, 0.5) is 0 Å². The van der Waals surface area contributed by atoms with Crippen molar-refractivity contribution >= 4 is 10.1 Å². The highest BCUT2D eigenvalue weighted by molar-refractivity contribution is 7.85. The van der Waals surface area contributed by atoms with Crippen molar-refractivity contribution in [3.63, 3.8) is 0 Å². The summed E-state index contributed by atoms with van der Waals surface area (Å²) in [7, 11) is -4.02. The maximum atomic E-state index is 10.5. The van der Waals surface area contributed by atoms with Crippen molar-refractivity contribution in [2.75, 3.05) is 5.75 Å². The summed E-state index contributed by atoms with van der Waals surface area (Å²) >= 11 is 0. The van der Waals surface area contributed by atoms with E-state index >= 15 is 0 Å². The maximum absolute atomic E-state index is 10.5. The third kappa shape index (κ3) is 8.25. The van der Waals surface area contributed by atoms with Crippen molar-refractivity contribution in [3.8, 4) is 0 Å². The Morgan fingerprint density at radius 2 is 1.77 bits per heavy atom. The molecule has 0 aromatic carbocycles. The lowest BCUT2D eigenvalue weighted by molar-refractivity contribution is 0.392. The van der Waals surface area contributed by atoms with E-state index in [1.165, 1.54) is 0 Å². The van der Waals surface area contributed by atoms with Crippen LogP contribution in [0.3, 0.4) is 0 Å². The average molecular weight is 207 g/mol. The Kier molecular flexibility index (Phi) is 6.33. The van der Waals surface area contributed by atoms with Gasteiger partial charge in [-0.25, -0.2) is 0 Å². The minimum Gasteiger partial charge on any atom is -0.197 e. The first-order valence-corrected chi connectivity index (χ1v) is 6.50. The van der Waals surface area contributed by atoms with Gasteiger partial charge in [0.15, 0.2) is 0 Å². The molecular formula is C9H19O3S. The van der Waals surface area contributed by atoms with E-state index in [1.54, 1.807) is 0 Å². The molecule has 0 rings (SSSR count). The molecular weight excluding hydrogens is 188 g/mol. The van der Waals surface area contributed by atoms with Crippen LogP contribution >= 0.6 is 0 Å². The molecule has 1 radical (unpaired) electrons. The smallest absolute Gasteiger partial charge is 0.197 e. The highest BCUT2D eigenvalue weighted by atomic mass is 32.2. The Balaban J connectivity index is 3.77. The largest absolute Gasteiger partial charge is 0.294 e. The molecule has 0 aliphatic heterocycles. The molecule has 0 aromatic heterocycles. The van der Waals surface area contributed by atoms with Gasteiger partial charge in [-0.3, -0.25) is 0 Å². The van der Waals surface area contributed by atoms with Crippen LogP contribution in [0.1, 0.15) is 46.0 Å². The van der Waals surface area contributed by atoms with Crippen LogP contribution in [-0.4, -0.2) is 14.2 Å². The molecule has 0 saturated carbocycles. The van der Waals surface area contributed by atoms with E-state index in [1.807, 2.05) is 6.92 Å². The fourth-order valence-corrected chi connectivity index (χ4v) is 2.36. The van der Waals surface area contributed by atoms with Crippen LogP contribution in [0.5, 0.6) is 0 Å². The molecule has 4 heteroatoms. The second kappa shape index (κ2) is 6.38. The molecule has 0 N–H and O–H groups in total. The summed E-state index contributed by atoms with van der Waals surface area (Å²) in [4.78, 5) is 0. The molecule has 0 spiro atoms. The van der Waals surface area contributed by atoms with Crippen LogP contribution in [-0.2, 0) is 14.7 Å². The van der Waals surface area contributed by atoms with Crippen LogP contribution in [0, 0.1) is 5.92 Å². The number of hydrogen-bond acceptors (Lipinski definition) is 2. The average Bonchev–Trinajstić information content (AvgIpc) is 2.01. The molecule has 13 heavy (non-hydrogen) atoms. The predicted molar refractivity (Wildman–Crippen MR) is 52.4 cm³/mol. The van der Waals surface area contributed by atoms with Gasteiger partial charge < -0.3 is 0 Å². The van der Waals surface area contributed by atoms with Crippen molar-refractivity contribution in [2.45, 2.75) is 46.0 Å². The molecule has 1 unspecified atom stereocenters. The van der Waals surface area contributed by atoms with Crippen molar-refractivity contribution < 1.29 is 13.0 Å². The highest BCUT2D eigenvalue weighted by Crippen LogP contribution is 2.15. The molecule has 0 saturated heterocycles. The maximum Gasteiger partial charge on any atom is 0.294 e. The van der Waals surface area contributed by atoms with Gasteiger partial charge in [0, 0.05) is 0 Å². The van der Waals surface area contributed by atoms with Crippen molar-refractivity contribution in [2.24, 2.45) is 5.92 Å². The van der Waals surface area contributed by atoms with Gasteiger partial charge in [-0.15, -0.1) is 0 Å². The van der Waals surface area contributed by atoms with Gasteiger partial charge in [-0.1, -0.05) is 44.1 Å². The zero-order valence-electron chi connectivity index (χ0n) is 8.45. The van der Waals surface area contributed by atoms with Gasteiger partial charge >= 0.3 is 0 Å². The monoisotopic (exact) mass is 207 g/mol. The molecule has 0 aliphatic rings. The fourth-order valence-electron chi connectivity index (χ4n) is 1.38. The van der Waals surface area contributed by atoms with Crippen LogP contribution < -0.4 is 0 Å². The van der Waals surface area contributed by atoms with Crippen molar-refractivity contribution in [3.05, 3.63) is 0 Å². The molecule has 0 bridgehead atoms. The normalized spacial score (nSPS) is 14.4. The lowest BCUT2D eigenvalue weighted by Crippen LogP contribution is -2.13. The summed E-state index contributed by atoms with van der Waals surface area (Å²) in [5.41, 5.74) is 0. The minimum atomic E-state index is -4.02. The summed E-state index contributed by atoms with van der Waals surface area (Å²) in [6.07, 6.45) is 4.93. The first-order chi connectivity index (χ1) is 5.99. The van der Waals surface area contributed by atoms with E-state index in [0.717, 1.165) is 32.1 Å². The van der Waals surface area contributed by atoms with E-state index < -0.39 is 10.1 Å². The quantitative estimate of drug-likeness (QED) is 0.602. The standard InChI is InChI=1S/C9H19O3S/c1-3-5-6-7-9(4-2)8-13(10,11)12/h9H,3-8H2,1-2H3. The first-order valence-electron chi connectivity index (χ1n) is 4.93.